The summed E-state index contributed by atoms with van der Waals surface area (Å²) in [6, 6.07) is 7.22. The number of hydrogen-bond donors (Lipinski definition) is 1. The Hall–Kier alpha value is -1.99. The van der Waals surface area contributed by atoms with E-state index in [4.69, 9.17) is 11.6 Å². The SMILES string of the molecule is O=C(Nc1cc(Br)cnc1Cl)c1ccccc1[N+](=O)[O-]. The Morgan fingerprint density at radius 2 is 2.10 bits per heavy atom. The van der Waals surface area contributed by atoms with Crippen molar-refractivity contribution in [1.82, 2.24) is 4.98 Å². The Labute approximate surface area is 127 Å². The van der Waals surface area contributed by atoms with Gasteiger partial charge in [-0.15, -0.1) is 0 Å². The Morgan fingerprint density at radius 3 is 2.80 bits per heavy atom. The number of rotatable bonds is 3. The molecule has 0 aliphatic heterocycles. The van der Waals surface area contributed by atoms with Gasteiger partial charge in [-0.1, -0.05) is 23.7 Å². The molecule has 0 aliphatic carbocycles. The summed E-state index contributed by atoms with van der Waals surface area (Å²) in [5.41, 5.74) is -0.0539. The number of halogens is 2. The first-order chi connectivity index (χ1) is 9.49. The third-order valence-corrected chi connectivity index (χ3v) is 3.13. The second kappa shape index (κ2) is 5.98. The minimum Gasteiger partial charge on any atom is -0.319 e. The fourth-order valence-electron chi connectivity index (χ4n) is 1.52. The van der Waals surface area contributed by atoms with Crippen LogP contribution >= 0.6 is 27.5 Å². The third-order valence-electron chi connectivity index (χ3n) is 2.40. The van der Waals surface area contributed by atoms with Crippen molar-refractivity contribution in [2.45, 2.75) is 0 Å². The predicted octanol–water partition coefficient (Wildman–Crippen LogP) is 3.66. The minimum absolute atomic E-state index is 0.0476. The zero-order valence-electron chi connectivity index (χ0n) is 9.84. The third kappa shape index (κ3) is 3.12. The van der Waals surface area contributed by atoms with Gasteiger partial charge in [-0.3, -0.25) is 14.9 Å². The highest BCUT2D eigenvalue weighted by Gasteiger charge is 2.20. The van der Waals surface area contributed by atoms with E-state index in [1.54, 1.807) is 12.1 Å². The molecule has 0 fully saturated rings. The molecule has 0 atom stereocenters. The van der Waals surface area contributed by atoms with Crippen molar-refractivity contribution in [1.29, 1.82) is 0 Å². The number of hydrogen-bond acceptors (Lipinski definition) is 4. The van der Waals surface area contributed by atoms with Gasteiger partial charge in [0.2, 0.25) is 0 Å². The van der Waals surface area contributed by atoms with Crippen LogP contribution in [0.4, 0.5) is 11.4 Å². The van der Waals surface area contributed by atoms with Crippen LogP contribution in [0.15, 0.2) is 41.0 Å². The van der Waals surface area contributed by atoms with E-state index in [1.165, 1.54) is 24.4 Å². The molecular formula is C12H7BrClN3O3. The van der Waals surface area contributed by atoms with Crippen LogP contribution in [0.5, 0.6) is 0 Å². The molecule has 0 bridgehead atoms. The summed E-state index contributed by atoms with van der Waals surface area (Å²) < 4.78 is 0.625. The maximum Gasteiger partial charge on any atom is 0.282 e. The van der Waals surface area contributed by atoms with Crippen LogP contribution < -0.4 is 5.32 Å². The smallest absolute Gasteiger partial charge is 0.282 e. The van der Waals surface area contributed by atoms with Gasteiger partial charge in [0.1, 0.15) is 5.56 Å². The molecule has 1 aromatic heterocycles. The van der Waals surface area contributed by atoms with Crippen LogP contribution in [-0.2, 0) is 0 Å². The van der Waals surface area contributed by atoms with Crippen LogP contribution in [0.2, 0.25) is 5.15 Å². The van der Waals surface area contributed by atoms with Crippen LogP contribution in [0, 0.1) is 10.1 Å². The van der Waals surface area contributed by atoms with E-state index in [1.807, 2.05) is 0 Å². The molecule has 1 aromatic carbocycles. The molecule has 0 saturated heterocycles. The van der Waals surface area contributed by atoms with Crippen molar-refractivity contribution < 1.29 is 9.72 Å². The summed E-state index contributed by atoms with van der Waals surface area (Å²) in [6.07, 6.45) is 1.48. The highest BCUT2D eigenvalue weighted by Crippen LogP contribution is 2.25. The minimum atomic E-state index is -0.626. The van der Waals surface area contributed by atoms with Crippen molar-refractivity contribution in [2.75, 3.05) is 5.32 Å². The quantitative estimate of drug-likeness (QED) is 0.516. The lowest BCUT2D eigenvalue weighted by Crippen LogP contribution is -2.14. The lowest BCUT2D eigenvalue weighted by molar-refractivity contribution is -0.385. The predicted molar refractivity (Wildman–Crippen MR) is 78.0 cm³/mol. The molecule has 0 radical (unpaired) electrons. The lowest BCUT2D eigenvalue weighted by atomic mass is 10.1. The molecule has 1 N–H and O–H groups in total. The zero-order valence-corrected chi connectivity index (χ0v) is 12.2. The number of aromatic nitrogens is 1. The highest BCUT2D eigenvalue weighted by atomic mass is 79.9. The molecular weight excluding hydrogens is 350 g/mol. The summed E-state index contributed by atoms with van der Waals surface area (Å²) >= 11 is 9.05. The summed E-state index contributed by atoms with van der Waals surface area (Å²) in [6.45, 7) is 0. The van der Waals surface area contributed by atoms with E-state index >= 15 is 0 Å². The monoisotopic (exact) mass is 355 g/mol. The molecule has 2 aromatic rings. The van der Waals surface area contributed by atoms with Crippen LogP contribution in [-0.4, -0.2) is 15.8 Å². The molecule has 1 amide bonds. The van der Waals surface area contributed by atoms with Crippen molar-refractivity contribution in [2.24, 2.45) is 0 Å². The summed E-state index contributed by atoms with van der Waals surface area (Å²) in [7, 11) is 0. The van der Waals surface area contributed by atoms with E-state index in [-0.39, 0.29) is 22.1 Å². The molecule has 6 nitrogen and oxygen atoms in total. The van der Waals surface area contributed by atoms with Gasteiger partial charge in [-0.05, 0) is 28.1 Å². The Balaban J connectivity index is 2.33. The average Bonchev–Trinajstić information content (AvgIpc) is 2.42. The van der Waals surface area contributed by atoms with E-state index in [2.05, 4.69) is 26.2 Å². The number of carbonyl (C=O) groups is 1. The van der Waals surface area contributed by atoms with Crippen LogP contribution in [0.3, 0.4) is 0 Å². The van der Waals surface area contributed by atoms with Crippen molar-refractivity contribution in [3.05, 3.63) is 61.8 Å². The molecule has 8 heteroatoms. The van der Waals surface area contributed by atoms with E-state index < -0.39 is 10.8 Å². The van der Waals surface area contributed by atoms with Crippen LogP contribution in [0.1, 0.15) is 10.4 Å². The van der Waals surface area contributed by atoms with Gasteiger partial charge in [0.05, 0.1) is 10.6 Å². The number of nitrogens with one attached hydrogen (secondary N) is 1. The number of benzene rings is 1. The van der Waals surface area contributed by atoms with E-state index in [0.717, 1.165) is 0 Å². The van der Waals surface area contributed by atoms with Crippen LogP contribution in [0.25, 0.3) is 0 Å². The molecule has 20 heavy (non-hydrogen) atoms. The molecule has 0 spiro atoms. The summed E-state index contributed by atoms with van der Waals surface area (Å²) in [5, 5.41) is 13.5. The fraction of sp³-hybridized carbons (Fsp3) is 0. The van der Waals surface area contributed by atoms with Gasteiger partial charge in [0, 0.05) is 16.7 Å². The lowest BCUT2D eigenvalue weighted by Gasteiger charge is -2.07. The van der Waals surface area contributed by atoms with Gasteiger partial charge in [-0.2, -0.15) is 0 Å². The second-order valence-electron chi connectivity index (χ2n) is 3.72. The fourth-order valence-corrected chi connectivity index (χ4v) is 2.01. The molecule has 0 saturated carbocycles. The molecule has 102 valence electrons. The van der Waals surface area contributed by atoms with E-state index in [9.17, 15) is 14.9 Å². The van der Waals surface area contributed by atoms with Crippen molar-refractivity contribution >= 4 is 44.8 Å². The first-order valence-electron chi connectivity index (χ1n) is 5.35. The van der Waals surface area contributed by atoms with Gasteiger partial charge in [0.15, 0.2) is 5.15 Å². The van der Waals surface area contributed by atoms with Crippen molar-refractivity contribution in [3.8, 4) is 0 Å². The summed E-state index contributed by atoms with van der Waals surface area (Å²) in [5.74, 6) is -0.626. The number of amides is 1. The Bertz CT molecular complexity index is 693. The normalized spacial score (nSPS) is 10.1. The van der Waals surface area contributed by atoms with Gasteiger partial charge in [0.25, 0.3) is 11.6 Å². The molecule has 1 heterocycles. The number of nitro groups is 1. The molecule has 0 aliphatic rings. The van der Waals surface area contributed by atoms with E-state index in [0.29, 0.717) is 4.47 Å². The number of anilines is 1. The Morgan fingerprint density at radius 1 is 1.40 bits per heavy atom. The number of nitro benzene ring substituents is 1. The average molecular weight is 357 g/mol. The highest BCUT2D eigenvalue weighted by molar-refractivity contribution is 9.10. The molecule has 2 rings (SSSR count). The first-order valence-corrected chi connectivity index (χ1v) is 6.52. The maximum absolute atomic E-state index is 12.1. The number of para-hydroxylation sites is 1. The number of pyridine rings is 1. The van der Waals surface area contributed by atoms with Gasteiger partial charge < -0.3 is 5.32 Å². The number of carbonyl (C=O) groups excluding carboxylic acids is 1. The molecule has 0 unspecified atom stereocenters. The Kier molecular flexibility index (Phi) is 4.31. The second-order valence-corrected chi connectivity index (χ2v) is 4.99. The van der Waals surface area contributed by atoms with Crippen molar-refractivity contribution in [3.63, 3.8) is 0 Å². The maximum atomic E-state index is 12.1. The summed E-state index contributed by atoms with van der Waals surface area (Å²) in [4.78, 5) is 26.2. The van der Waals surface area contributed by atoms with Gasteiger partial charge in [-0.25, -0.2) is 4.98 Å². The first kappa shape index (κ1) is 14.4. The largest absolute Gasteiger partial charge is 0.319 e. The topological polar surface area (TPSA) is 85.1 Å². The standard InChI is InChI=1S/C12H7BrClN3O3/c13-7-5-9(11(14)15-6-7)16-12(18)8-3-1-2-4-10(8)17(19)20/h1-6H,(H,16,18). The number of nitrogens with zero attached hydrogens (tertiary/aromatic N) is 2. The van der Waals surface area contributed by atoms with Gasteiger partial charge >= 0.3 is 0 Å². The zero-order chi connectivity index (χ0) is 14.7.